The Kier molecular flexibility index (Phi) is 3.33. The van der Waals surface area contributed by atoms with E-state index in [1.165, 1.54) is 6.07 Å². The van der Waals surface area contributed by atoms with Crippen LogP contribution in [0, 0.1) is 11.6 Å². The summed E-state index contributed by atoms with van der Waals surface area (Å²) >= 11 is 3.28. The smallest absolute Gasteiger partial charge is 0.299 e. The zero-order valence-electron chi connectivity index (χ0n) is 10.6. The van der Waals surface area contributed by atoms with Gasteiger partial charge in [-0.3, -0.25) is 14.5 Å². The highest BCUT2D eigenvalue weighted by molar-refractivity contribution is 9.10. The molecule has 21 heavy (non-hydrogen) atoms. The standard InChI is InChI=1S/C15H8BrF2NO2/c16-11-3-1-2-10-13(11)19(15(21)14(10)20)7-8-6-9(17)4-5-12(8)18/h1-6H,7H2. The summed E-state index contributed by atoms with van der Waals surface area (Å²) in [5.41, 5.74) is 0.655. The van der Waals surface area contributed by atoms with E-state index in [2.05, 4.69) is 15.9 Å². The van der Waals surface area contributed by atoms with Crippen LogP contribution in [0.4, 0.5) is 14.5 Å². The highest BCUT2D eigenvalue weighted by Gasteiger charge is 2.37. The number of rotatable bonds is 2. The van der Waals surface area contributed by atoms with Crippen LogP contribution in [0.15, 0.2) is 40.9 Å². The fourth-order valence-corrected chi connectivity index (χ4v) is 2.88. The number of nitrogens with zero attached hydrogens (tertiary/aromatic N) is 1. The van der Waals surface area contributed by atoms with Gasteiger partial charge in [0.1, 0.15) is 11.6 Å². The van der Waals surface area contributed by atoms with E-state index < -0.39 is 23.3 Å². The lowest BCUT2D eigenvalue weighted by molar-refractivity contribution is -0.114. The summed E-state index contributed by atoms with van der Waals surface area (Å²) in [7, 11) is 0. The number of benzene rings is 2. The normalized spacial score (nSPS) is 13.8. The van der Waals surface area contributed by atoms with Gasteiger partial charge in [-0.25, -0.2) is 8.78 Å². The molecule has 1 aliphatic rings. The molecule has 2 aromatic rings. The van der Waals surface area contributed by atoms with Gasteiger partial charge in [0.2, 0.25) is 0 Å². The molecule has 0 atom stereocenters. The van der Waals surface area contributed by atoms with Crippen LogP contribution in [-0.4, -0.2) is 11.7 Å². The second kappa shape index (κ2) is 5.04. The summed E-state index contributed by atoms with van der Waals surface area (Å²) in [5, 5.41) is 0. The zero-order valence-corrected chi connectivity index (χ0v) is 12.2. The number of halogens is 3. The molecular weight excluding hydrogens is 344 g/mol. The molecule has 2 aromatic carbocycles. The van der Waals surface area contributed by atoms with Gasteiger partial charge in [0.25, 0.3) is 11.7 Å². The molecule has 0 fully saturated rings. The fraction of sp³-hybridized carbons (Fsp3) is 0.0667. The van der Waals surface area contributed by atoms with Crippen molar-refractivity contribution in [3.8, 4) is 0 Å². The average Bonchev–Trinajstić information content (AvgIpc) is 2.69. The Labute approximate surface area is 127 Å². The third-order valence-electron chi connectivity index (χ3n) is 3.28. The van der Waals surface area contributed by atoms with Crippen molar-refractivity contribution in [2.75, 3.05) is 4.90 Å². The Bertz CT molecular complexity index is 776. The van der Waals surface area contributed by atoms with Crippen LogP contribution in [0.5, 0.6) is 0 Å². The SMILES string of the molecule is O=C1C(=O)N(Cc2cc(F)ccc2F)c2c(Br)cccc21. The van der Waals surface area contributed by atoms with Crippen LogP contribution >= 0.6 is 15.9 Å². The van der Waals surface area contributed by atoms with Gasteiger partial charge in [-0.15, -0.1) is 0 Å². The number of carbonyl (C=O) groups excluding carboxylic acids is 2. The molecule has 3 rings (SSSR count). The van der Waals surface area contributed by atoms with E-state index in [1.54, 1.807) is 12.1 Å². The third kappa shape index (κ3) is 2.25. The van der Waals surface area contributed by atoms with Gasteiger partial charge < -0.3 is 0 Å². The number of para-hydroxylation sites is 1. The Morgan fingerprint density at radius 1 is 1.10 bits per heavy atom. The number of ketones is 1. The first-order valence-electron chi connectivity index (χ1n) is 6.07. The largest absolute Gasteiger partial charge is 0.299 e. The molecule has 0 bridgehead atoms. The molecule has 0 unspecified atom stereocenters. The fourth-order valence-electron chi connectivity index (χ4n) is 2.30. The van der Waals surface area contributed by atoms with Crippen LogP contribution in [-0.2, 0) is 11.3 Å². The van der Waals surface area contributed by atoms with Crippen molar-refractivity contribution < 1.29 is 18.4 Å². The maximum absolute atomic E-state index is 13.7. The number of hydrogen-bond donors (Lipinski definition) is 0. The molecule has 3 nitrogen and oxygen atoms in total. The summed E-state index contributed by atoms with van der Waals surface area (Å²) in [6.45, 7) is -0.205. The molecule has 6 heteroatoms. The van der Waals surface area contributed by atoms with Crippen LogP contribution in [0.3, 0.4) is 0 Å². The highest BCUT2D eigenvalue weighted by atomic mass is 79.9. The molecule has 106 valence electrons. The van der Waals surface area contributed by atoms with Crippen molar-refractivity contribution in [1.82, 2.24) is 0 Å². The quantitative estimate of drug-likeness (QED) is 0.777. The maximum atomic E-state index is 13.7. The average molecular weight is 352 g/mol. The van der Waals surface area contributed by atoms with Crippen LogP contribution in [0.25, 0.3) is 0 Å². The van der Waals surface area contributed by atoms with Crippen LogP contribution < -0.4 is 4.90 Å². The molecule has 0 spiro atoms. The summed E-state index contributed by atoms with van der Waals surface area (Å²) in [6, 6.07) is 7.86. The van der Waals surface area contributed by atoms with Crippen molar-refractivity contribution in [2.24, 2.45) is 0 Å². The van der Waals surface area contributed by atoms with Crippen LogP contribution in [0.2, 0.25) is 0 Å². The van der Waals surface area contributed by atoms with Crippen molar-refractivity contribution >= 4 is 33.3 Å². The van der Waals surface area contributed by atoms with Crippen molar-refractivity contribution in [2.45, 2.75) is 6.54 Å². The summed E-state index contributed by atoms with van der Waals surface area (Å²) in [4.78, 5) is 25.1. The second-order valence-corrected chi connectivity index (χ2v) is 5.45. The first-order chi connectivity index (χ1) is 9.99. The van der Waals surface area contributed by atoms with Gasteiger partial charge in [0.15, 0.2) is 0 Å². The number of hydrogen-bond acceptors (Lipinski definition) is 2. The first-order valence-corrected chi connectivity index (χ1v) is 6.87. The molecule has 0 saturated carbocycles. The summed E-state index contributed by atoms with van der Waals surface area (Å²) < 4.78 is 27.5. The van der Waals surface area contributed by atoms with E-state index in [4.69, 9.17) is 0 Å². The maximum Gasteiger partial charge on any atom is 0.299 e. The second-order valence-electron chi connectivity index (χ2n) is 4.59. The monoisotopic (exact) mass is 351 g/mol. The minimum absolute atomic E-state index is 0.0137. The van der Waals surface area contributed by atoms with E-state index >= 15 is 0 Å². The predicted molar refractivity (Wildman–Crippen MR) is 76.0 cm³/mol. The lowest BCUT2D eigenvalue weighted by atomic mass is 10.1. The Morgan fingerprint density at radius 3 is 2.62 bits per heavy atom. The van der Waals surface area contributed by atoms with Gasteiger partial charge in [-0.1, -0.05) is 6.07 Å². The summed E-state index contributed by atoms with van der Waals surface area (Å²) in [5.74, 6) is -2.63. The Morgan fingerprint density at radius 2 is 1.86 bits per heavy atom. The van der Waals surface area contributed by atoms with E-state index in [-0.39, 0.29) is 17.7 Å². The molecule has 0 aliphatic carbocycles. The van der Waals surface area contributed by atoms with Gasteiger partial charge in [-0.05, 0) is 46.3 Å². The van der Waals surface area contributed by atoms with Gasteiger partial charge in [-0.2, -0.15) is 0 Å². The van der Waals surface area contributed by atoms with E-state index in [1.807, 2.05) is 0 Å². The van der Waals surface area contributed by atoms with E-state index in [9.17, 15) is 18.4 Å². The Hall–Kier alpha value is -2.08. The minimum Gasteiger partial charge on any atom is -0.299 e. The molecule has 0 aromatic heterocycles. The van der Waals surface area contributed by atoms with Crippen LogP contribution in [0.1, 0.15) is 15.9 Å². The van der Waals surface area contributed by atoms with E-state index in [0.29, 0.717) is 10.2 Å². The molecule has 1 amide bonds. The number of carbonyl (C=O) groups is 2. The molecule has 0 saturated heterocycles. The molecule has 1 heterocycles. The highest BCUT2D eigenvalue weighted by Crippen LogP contribution is 2.37. The lowest BCUT2D eigenvalue weighted by Crippen LogP contribution is -2.29. The number of anilines is 1. The van der Waals surface area contributed by atoms with Crippen molar-refractivity contribution in [3.63, 3.8) is 0 Å². The third-order valence-corrected chi connectivity index (χ3v) is 3.92. The van der Waals surface area contributed by atoms with Crippen molar-refractivity contribution in [3.05, 3.63) is 63.6 Å². The van der Waals surface area contributed by atoms with Crippen molar-refractivity contribution in [1.29, 1.82) is 0 Å². The number of fused-ring (bicyclic) bond motifs is 1. The minimum atomic E-state index is -0.749. The first kappa shape index (κ1) is 13.9. The van der Waals surface area contributed by atoms with Gasteiger partial charge >= 0.3 is 0 Å². The number of Topliss-reactive ketones (excluding diaryl/α,β-unsaturated/α-hetero) is 1. The van der Waals surface area contributed by atoms with Gasteiger partial charge in [0, 0.05) is 10.0 Å². The topological polar surface area (TPSA) is 37.4 Å². The molecular formula is C15H8BrF2NO2. The van der Waals surface area contributed by atoms with Gasteiger partial charge in [0.05, 0.1) is 17.8 Å². The lowest BCUT2D eigenvalue weighted by Gasteiger charge is -2.18. The predicted octanol–water partition coefficient (Wildman–Crippen LogP) is 3.46. The molecule has 0 radical (unpaired) electrons. The molecule has 0 N–H and O–H groups in total. The number of amides is 1. The van der Waals surface area contributed by atoms with E-state index in [0.717, 1.165) is 23.1 Å². The Balaban J connectivity index is 2.06. The zero-order chi connectivity index (χ0) is 15.1. The molecule has 1 aliphatic heterocycles. The summed E-state index contributed by atoms with van der Waals surface area (Å²) in [6.07, 6.45) is 0.